The zero-order chi connectivity index (χ0) is 14.7. The van der Waals surface area contributed by atoms with Crippen molar-refractivity contribution in [1.82, 2.24) is 4.90 Å². The lowest BCUT2D eigenvalue weighted by Gasteiger charge is -2.35. The van der Waals surface area contributed by atoms with E-state index in [-0.39, 0.29) is 12.2 Å². The van der Waals surface area contributed by atoms with Crippen LogP contribution >= 0.6 is 0 Å². The second kappa shape index (κ2) is 5.87. The van der Waals surface area contributed by atoms with Crippen molar-refractivity contribution in [3.8, 4) is 0 Å². The number of nitro groups is 1. The molecule has 1 aliphatic heterocycles. The average Bonchev–Trinajstić information content (AvgIpc) is 2.39. The highest BCUT2D eigenvalue weighted by Crippen LogP contribution is 2.26. The highest BCUT2D eigenvalue weighted by molar-refractivity contribution is 5.69. The zero-order valence-electron chi connectivity index (χ0n) is 11.3. The molecule has 7 nitrogen and oxygen atoms in total. The van der Waals surface area contributed by atoms with Crippen LogP contribution in [0.2, 0.25) is 0 Å². The van der Waals surface area contributed by atoms with Gasteiger partial charge < -0.3 is 10.0 Å². The van der Waals surface area contributed by atoms with Gasteiger partial charge in [0.2, 0.25) is 0 Å². The molecule has 2 rings (SSSR count). The Bertz CT molecular complexity index is 524. The standard InChI is InChI=1S/C13H17N3O4/c1-10-2-3-11(16(19)20)8-12(10)15-6-4-14(5-7-15)9-13(17)18/h2-3,8H,4-7,9H2,1H3,(H,17,18). The molecule has 1 heterocycles. The molecule has 1 aromatic carbocycles. The van der Waals surface area contributed by atoms with E-state index in [0.717, 1.165) is 11.3 Å². The molecule has 108 valence electrons. The molecule has 20 heavy (non-hydrogen) atoms. The first-order valence-corrected chi connectivity index (χ1v) is 6.41. The summed E-state index contributed by atoms with van der Waals surface area (Å²) in [6.45, 7) is 4.61. The van der Waals surface area contributed by atoms with Gasteiger partial charge in [0.25, 0.3) is 5.69 Å². The minimum atomic E-state index is -0.829. The predicted octanol–water partition coefficient (Wildman–Crippen LogP) is 1.11. The van der Waals surface area contributed by atoms with Crippen molar-refractivity contribution in [2.45, 2.75) is 6.92 Å². The summed E-state index contributed by atoms with van der Waals surface area (Å²) < 4.78 is 0. The molecule has 0 aliphatic carbocycles. The van der Waals surface area contributed by atoms with Crippen molar-refractivity contribution in [3.63, 3.8) is 0 Å². The highest BCUT2D eigenvalue weighted by Gasteiger charge is 2.21. The van der Waals surface area contributed by atoms with Gasteiger partial charge in [-0.05, 0) is 12.5 Å². The summed E-state index contributed by atoms with van der Waals surface area (Å²) in [7, 11) is 0. The number of aryl methyl sites for hydroxylation is 1. The van der Waals surface area contributed by atoms with Crippen molar-refractivity contribution >= 4 is 17.3 Å². The smallest absolute Gasteiger partial charge is 0.317 e. The van der Waals surface area contributed by atoms with Crippen LogP contribution < -0.4 is 4.90 Å². The summed E-state index contributed by atoms with van der Waals surface area (Å²) in [5, 5.41) is 19.6. The molecule has 1 aliphatic rings. The van der Waals surface area contributed by atoms with Gasteiger partial charge in [0.1, 0.15) is 0 Å². The first kappa shape index (κ1) is 14.3. The van der Waals surface area contributed by atoms with Crippen LogP contribution in [0, 0.1) is 17.0 Å². The Morgan fingerprint density at radius 3 is 2.55 bits per heavy atom. The van der Waals surface area contributed by atoms with Gasteiger partial charge in [-0.15, -0.1) is 0 Å². The fourth-order valence-corrected chi connectivity index (χ4v) is 2.39. The van der Waals surface area contributed by atoms with E-state index in [4.69, 9.17) is 5.11 Å². The molecule has 0 aromatic heterocycles. The highest BCUT2D eigenvalue weighted by atomic mass is 16.6. The molecule has 0 radical (unpaired) electrons. The molecule has 0 bridgehead atoms. The lowest BCUT2D eigenvalue weighted by Crippen LogP contribution is -2.48. The van der Waals surface area contributed by atoms with E-state index in [1.54, 1.807) is 12.1 Å². The molecule has 0 unspecified atom stereocenters. The van der Waals surface area contributed by atoms with Crippen LogP contribution in [0.5, 0.6) is 0 Å². The number of carboxylic acid groups (broad SMARTS) is 1. The SMILES string of the molecule is Cc1ccc([N+](=O)[O-])cc1N1CCN(CC(=O)O)CC1. The van der Waals surface area contributed by atoms with Gasteiger partial charge in [0.15, 0.2) is 0 Å². The summed E-state index contributed by atoms with van der Waals surface area (Å²) in [5.41, 5.74) is 1.93. The zero-order valence-corrected chi connectivity index (χ0v) is 11.3. The van der Waals surface area contributed by atoms with Gasteiger partial charge in [0.05, 0.1) is 11.5 Å². The van der Waals surface area contributed by atoms with Crippen LogP contribution in [0.1, 0.15) is 5.56 Å². The number of piperazine rings is 1. The Labute approximate surface area is 116 Å². The summed E-state index contributed by atoms with van der Waals surface area (Å²) in [6, 6.07) is 4.83. The average molecular weight is 279 g/mol. The monoisotopic (exact) mass is 279 g/mol. The van der Waals surface area contributed by atoms with Gasteiger partial charge in [-0.3, -0.25) is 19.8 Å². The van der Waals surface area contributed by atoms with Crippen molar-refractivity contribution in [2.75, 3.05) is 37.6 Å². The lowest BCUT2D eigenvalue weighted by molar-refractivity contribution is -0.384. The van der Waals surface area contributed by atoms with Crippen LogP contribution in [0.4, 0.5) is 11.4 Å². The van der Waals surface area contributed by atoms with Gasteiger partial charge >= 0.3 is 5.97 Å². The summed E-state index contributed by atoms with van der Waals surface area (Å²) in [5.74, 6) is -0.829. The predicted molar refractivity (Wildman–Crippen MR) is 74.1 cm³/mol. The van der Waals surface area contributed by atoms with E-state index in [0.29, 0.717) is 26.2 Å². The van der Waals surface area contributed by atoms with Crippen molar-refractivity contribution in [3.05, 3.63) is 33.9 Å². The Balaban J connectivity index is 2.08. The number of nitrogens with zero attached hydrogens (tertiary/aromatic N) is 3. The van der Waals surface area contributed by atoms with E-state index < -0.39 is 10.9 Å². The molecule has 0 atom stereocenters. The van der Waals surface area contributed by atoms with E-state index in [1.165, 1.54) is 6.07 Å². The molecule has 1 N–H and O–H groups in total. The second-order valence-corrected chi connectivity index (χ2v) is 4.88. The van der Waals surface area contributed by atoms with E-state index >= 15 is 0 Å². The van der Waals surface area contributed by atoms with Gasteiger partial charge in [0, 0.05) is 44.0 Å². The lowest BCUT2D eigenvalue weighted by atomic mass is 10.1. The van der Waals surface area contributed by atoms with Gasteiger partial charge in [-0.25, -0.2) is 0 Å². The number of aliphatic carboxylic acids is 1. The summed E-state index contributed by atoms with van der Waals surface area (Å²) in [6.07, 6.45) is 0. The van der Waals surface area contributed by atoms with Crippen LogP contribution in [0.15, 0.2) is 18.2 Å². The van der Waals surface area contributed by atoms with Crippen LogP contribution in [0.3, 0.4) is 0 Å². The molecular weight excluding hydrogens is 262 g/mol. The van der Waals surface area contributed by atoms with Crippen molar-refractivity contribution in [1.29, 1.82) is 0 Å². The number of carbonyl (C=O) groups is 1. The quantitative estimate of drug-likeness (QED) is 0.656. The Hall–Kier alpha value is -2.15. The molecule has 1 fully saturated rings. The third kappa shape index (κ3) is 3.24. The number of anilines is 1. The maximum Gasteiger partial charge on any atom is 0.317 e. The van der Waals surface area contributed by atoms with Crippen molar-refractivity contribution in [2.24, 2.45) is 0 Å². The van der Waals surface area contributed by atoms with E-state index in [9.17, 15) is 14.9 Å². The molecule has 1 saturated heterocycles. The van der Waals surface area contributed by atoms with Crippen molar-refractivity contribution < 1.29 is 14.8 Å². The summed E-state index contributed by atoms with van der Waals surface area (Å²) in [4.78, 5) is 25.0. The first-order valence-electron chi connectivity index (χ1n) is 6.41. The number of hydrogen-bond acceptors (Lipinski definition) is 5. The fourth-order valence-electron chi connectivity index (χ4n) is 2.39. The van der Waals surface area contributed by atoms with Crippen LogP contribution in [-0.4, -0.2) is 53.6 Å². The Morgan fingerprint density at radius 1 is 1.35 bits per heavy atom. The minimum Gasteiger partial charge on any atom is -0.480 e. The number of carboxylic acids is 1. The number of nitro benzene ring substituents is 1. The number of benzene rings is 1. The normalized spacial score (nSPS) is 16.1. The van der Waals surface area contributed by atoms with Crippen LogP contribution in [0.25, 0.3) is 0 Å². The topological polar surface area (TPSA) is 86.9 Å². The van der Waals surface area contributed by atoms with Gasteiger partial charge in [-0.1, -0.05) is 6.07 Å². The molecule has 0 amide bonds. The molecule has 0 spiro atoms. The summed E-state index contributed by atoms with van der Waals surface area (Å²) >= 11 is 0. The third-order valence-electron chi connectivity index (χ3n) is 3.48. The number of non-ortho nitro benzene ring substituents is 1. The maximum absolute atomic E-state index is 10.8. The number of hydrogen-bond donors (Lipinski definition) is 1. The largest absolute Gasteiger partial charge is 0.480 e. The van der Waals surface area contributed by atoms with Crippen LogP contribution in [-0.2, 0) is 4.79 Å². The molecule has 7 heteroatoms. The minimum absolute atomic E-state index is 0.0434. The Kier molecular flexibility index (Phi) is 4.19. The molecular formula is C13H17N3O4. The molecule has 0 saturated carbocycles. The van der Waals surface area contributed by atoms with Gasteiger partial charge in [-0.2, -0.15) is 0 Å². The van der Waals surface area contributed by atoms with E-state index in [2.05, 4.69) is 4.90 Å². The first-order chi connectivity index (χ1) is 9.47. The van der Waals surface area contributed by atoms with E-state index in [1.807, 2.05) is 11.8 Å². The maximum atomic E-state index is 10.8. The third-order valence-corrected chi connectivity index (χ3v) is 3.48. The second-order valence-electron chi connectivity index (χ2n) is 4.88. The fraction of sp³-hybridized carbons (Fsp3) is 0.462. The molecule has 1 aromatic rings. The Morgan fingerprint density at radius 2 is 2.00 bits per heavy atom. The number of rotatable bonds is 4.